The highest BCUT2D eigenvalue weighted by atomic mass is 16.1. The lowest BCUT2D eigenvalue weighted by molar-refractivity contribution is -0.127. The smallest absolute Gasteiger partial charge is 0.224 e. The number of nitrogens with zero attached hydrogens (tertiary/aromatic N) is 3. The molecule has 1 amide bonds. The van der Waals surface area contributed by atoms with E-state index in [1.54, 1.807) is 0 Å². The van der Waals surface area contributed by atoms with Gasteiger partial charge in [0.2, 0.25) is 5.91 Å². The molecule has 2 aromatic carbocycles. The molecule has 184 valence electrons. The fourth-order valence-corrected chi connectivity index (χ4v) is 5.64. The van der Waals surface area contributed by atoms with E-state index in [2.05, 4.69) is 89.4 Å². The van der Waals surface area contributed by atoms with E-state index in [0.29, 0.717) is 12.5 Å². The van der Waals surface area contributed by atoms with Crippen molar-refractivity contribution in [1.82, 2.24) is 20.0 Å². The number of benzene rings is 2. The molecular formula is C29H42N4O. The molecule has 4 rings (SSSR count). The minimum atomic E-state index is 0.0629. The second-order valence-corrected chi connectivity index (χ2v) is 10.6. The van der Waals surface area contributed by atoms with Crippen molar-refractivity contribution in [2.45, 2.75) is 33.2 Å². The SMILES string of the molecule is Cc1cc(C)cc(CNC(=O)[C@@H]2C[C@H](CN3CCN(C)CC3)CN(CCc3ccccc3)C2)c1. The van der Waals surface area contributed by atoms with Crippen LogP contribution in [0.25, 0.3) is 0 Å². The molecule has 2 aromatic rings. The Morgan fingerprint density at radius 1 is 0.912 bits per heavy atom. The molecule has 2 fully saturated rings. The monoisotopic (exact) mass is 462 g/mol. The minimum absolute atomic E-state index is 0.0629. The van der Waals surface area contributed by atoms with Gasteiger partial charge in [-0.2, -0.15) is 0 Å². The lowest BCUT2D eigenvalue weighted by atomic mass is 9.87. The number of likely N-dealkylation sites (N-methyl/N-ethyl adjacent to an activating group) is 1. The third-order valence-corrected chi connectivity index (χ3v) is 7.40. The van der Waals surface area contributed by atoms with E-state index in [4.69, 9.17) is 0 Å². The van der Waals surface area contributed by atoms with E-state index in [-0.39, 0.29) is 11.8 Å². The van der Waals surface area contributed by atoms with E-state index in [9.17, 15) is 4.79 Å². The number of likely N-dealkylation sites (tertiary alicyclic amines) is 1. The summed E-state index contributed by atoms with van der Waals surface area (Å²) >= 11 is 0. The number of carbonyl (C=O) groups is 1. The lowest BCUT2D eigenvalue weighted by Gasteiger charge is -2.41. The highest BCUT2D eigenvalue weighted by Crippen LogP contribution is 2.24. The molecule has 0 saturated carbocycles. The van der Waals surface area contributed by atoms with Gasteiger partial charge in [0.05, 0.1) is 5.92 Å². The normalized spacial score (nSPS) is 22.6. The van der Waals surface area contributed by atoms with Crippen LogP contribution in [0.15, 0.2) is 48.5 Å². The Labute approximate surface area is 206 Å². The molecule has 0 unspecified atom stereocenters. The van der Waals surface area contributed by atoms with Gasteiger partial charge in [-0.15, -0.1) is 0 Å². The summed E-state index contributed by atoms with van der Waals surface area (Å²) in [6, 6.07) is 17.3. The first-order chi connectivity index (χ1) is 16.4. The van der Waals surface area contributed by atoms with E-state index in [1.807, 2.05) is 0 Å². The summed E-state index contributed by atoms with van der Waals surface area (Å²) in [6.45, 7) is 13.5. The molecular weight excluding hydrogens is 420 g/mol. The molecule has 2 saturated heterocycles. The second kappa shape index (κ2) is 12.0. The Balaban J connectivity index is 1.37. The van der Waals surface area contributed by atoms with Crippen LogP contribution in [0.4, 0.5) is 0 Å². The average molecular weight is 463 g/mol. The van der Waals surface area contributed by atoms with Crippen LogP contribution in [0.3, 0.4) is 0 Å². The highest BCUT2D eigenvalue weighted by molar-refractivity contribution is 5.79. The number of piperidine rings is 1. The maximum atomic E-state index is 13.3. The number of rotatable bonds is 8. The molecule has 2 aliphatic rings. The van der Waals surface area contributed by atoms with Crippen molar-refractivity contribution >= 4 is 5.91 Å². The van der Waals surface area contributed by atoms with Crippen molar-refractivity contribution in [2.24, 2.45) is 11.8 Å². The van der Waals surface area contributed by atoms with Crippen molar-refractivity contribution in [2.75, 3.05) is 59.4 Å². The quantitative estimate of drug-likeness (QED) is 0.653. The summed E-state index contributed by atoms with van der Waals surface area (Å²) in [5.41, 5.74) is 5.07. The van der Waals surface area contributed by atoms with Crippen LogP contribution in [0, 0.1) is 25.7 Å². The van der Waals surface area contributed by atoms with Crippen molar-refractivity contribution < 1.29 is 4.79 Å². The zero-order chi connectivity index (χ0) is 23.9. The molecule has 34 heavy (non-hydrogen) atoms. The maximum Gasteiger partial charge on any atom is 0.224 e. The van der Waals surface area contributed by atoms with Crippen molar-refractivity contribution in [3.8, 4) is 0 Å². The van der Waals surface area contributed by atoms with Crippen LogP contribution in [0.1, 0.15) is 28.7 Å². The molecule has 0 aliphatic carbocycles. The molecule has 0 bridgehead atoms. The summed E-state index contributed by atoms with van der Waals surface area (Å²) in [7, 11) is 2.21. The van der Waals surface area contributed by atoms with Crippen LogP contribution >= 0.6 is 0 Å². The Morgan fingerprint density at radius 2 is 1.62 bits per heavy atom. The molecule has 2 aliphatic heterocycles. The predicted molar refractivity (Wildman–Crippen MR) is 140 cm³/mol. The fraction of sp³-hybridized carbons (Fsp3) is 0.552. The predicted octanol–water partition coefficient (Wildman–Crippen LogP) is 3.35. The summed E-state index contributed by atoms with van der Waals surface area (Å²) in [5.74, 6) is 0.824. The van der Waals surface area contributed by atoms with Gasteiger partial charge in [0.25, 0.3) is 0 Å². The highest BCUT2D eigenvalue weighted by Gasteiger charge is 2.32. The third-order valence-electron chi connectivity index (χ3n) is 7.40. The number of aryl methyl sites for hydroxylation is 2. The molecule has 0 aromatic heterocycles. The van der Waals surface area contributed by atoms with E-state index in [1.165, 1.54) is 22.3 Å². The largest absolute Gasteiger partial charge is 0.352 e. The first kappa shape index (κ1) is 24.9. The zero-order valence-corrected chi connectivity index (χ0v) is 21.3. The van der Waals surface area contributed by atoms with Gasteiger partial charge in [-0.05, 0) is 50.8 Å². The van der Waals surface area contributed by atoms with Crippen molar-refractivity contribution in [3.63, 3.8) is 0 Å². The van der Waals surface area contributed by atoms with E-state index >= 15 is 0 Å². The molecule has 2 heterocycles. The average Bonchev–Trinajstić information content (AvgIpc) is 2.83. The van der Waals surface area contributed by atoms with Gasteiger partial charge in [0.1, 0.15) is 0 Å². The summed E-state index contributed by atoms with van der Waals surface area (Å²) in [4.78, 5) is 20.8. The number of hydrogen-bond donors (Lipinski definition) is 1. The van der Waals surface area contributed by atoms with Crippen LogP contribution < -0.4 is 5.32 Å². The van der Waals surface area contributed by atoms with Crippen molar-refractivity contribution in [3.05, 3.63) is 70.8 Å². The van der Waals surface area contributed by atoms with Gasteiger partial charge < -0.3 is 20.0 Å². The van der Waals surface area contributed by atoms with Crippen LogP contribution in [-0.4, -0.2) is 80.0 Å². The molecule has 2 atom stereocenters. The third kappa shape index (κ3) is 7.39. The van der Waals surface area contributed by atoms with Gasteiger partial charge in [0, 0.05) is 58.9 Å². The van der Waals surface area contributed by atoms with Gasteiger partial charge in [0.15, 0.2) is 0 Å². The Morgan fingerprint density at radius 3 is 2.32 bits per heavy atom. The van der Waals surface area contributed by atoms with Gasteiger partial charge >= 0.3 is 0 Å². The van der Waals surface area contributed by atoms with Crippen LogP contribution in [0.2, 0.25) is 0 Å². The first-order valence-corrected chi connectivity index (χ1v) is 13.0. The van der Waals surface area contributed by atoms with E-state index in [0.717, 1.165) is 65.2 Å². The molecule has 1 N–H and O–H groups in total. The topological polar surface area (TPSA) is 38.8 Å². The summed E-state index contributed by atoms with van der Waals surface area (Å²) in [5, 5.41) is 3.26. The van der Waals surface area contributed by atoms with Gasteiger partial charge in [-0.25, -0.2) is 0 Å². The van der Waals surface area contributed by atoms with E-state index < -0.39 is 0 Å². The number of hydrogen-bond acceptors (Lipinski definition) is 4. The zero-order valence-electron chi connectivity index (χ0n) is 21.3. The molecule has 5 nitrogen and oxygen atoms in total. The Kier molecular flexibility index (Phi) is 8.76. The summed E-state index contributed by atoms with van der Waals surface area (Å²) < 4.78 is 0. The second-order valence-electron chi connectivity index (χ2n) is 10.6. The van der Waals surface area contributed by atoms with Gasteiger partial charge in [-0.3, -0.25) is 4.79 Å². The standard InChI is InChI=1S/C29H42N4O/c1-23-15-24(2)17-26(16-23)19-30-29(34)28-18-27(20-32-13-11-31(3)12-14-32)21-33(22-28)10-9-25-7-5-4-6-8-25/h4-8,15-17,27-28H,9-14,18-22H2,1-3H3,(H,30,34)/t27-,28-/m1/s1. The minimum Gasteiger partial charge on any atom is -0.352 e. The maximum absolute atomic E-state index is 13.3. The van der Waals surface area contributed by atoms with Crippen LogP contribution in [-0.2, 0) is 17.8 Å². The first-order valence-electron chi connectivity index (χ1n) is 13.0. The van der Waals surface area contributed by atoms with Crippen molar-refractivity contribution in [1.29, 1.82) is 0 Å². The number of carbonyl (C=O) groups excluding carboxylic acids is 1. The Bertz CT molecular complexity index is 903. The number of amides is 1. The molecule has 0 spiro atoms. The fourth-order valence-electron chi connectivity index (χ4n) is 5.64. The Hall–Kier alpha value is -2.21. The lowest BCUT2D eigenvalue weighted by Crippen LogP contribution is -2.51. The molecule has 0 radical (unpaired) electrons. The van der Waals surface area contributed by atoms with Crippen LogP contribution in [0.5, 0.6) is 0 Å². The number of nitrogens with one attached hydrogen (secondary N) is 1. The summed E-state index contributed by atoms with van der Waals surface area (Å²) in [6.07, 6.45) is 2.03. The van der Waals surface area contributed by atoms with Gasteiger partial charge in [-0.1, -0.05) is 59.7 Å². The molecule has 5 heteroatoms. The number of piperazine rings is 1.